The summed E-state index contributed by atoms with van der Waals surface area (Å²) < 4.78 is 0. The molecule has 5 nitrogen and oxygen atoms in total. The largest absolute Gasteiger partial charge is 0.358 e. The van der Waals surface area contributed by atoms with Crippen LogP contribution in [0, 0.1) is 0 Å². The monoisotopic (exact) mass is 275 g/mol. The van der Waals surface area contributed by atoms with Crippen LogP contribution in [0.1, 0.15) is 10.4 Å². The third-order valence-corrected chi connectivity index (χ3v) is 2.57. The molecular formula is C10H11Cl2N3O2. The number of amides is 2. The van der Waals surface area contributed by atoms with Crippen LogP contribution in [0.3, 0.4) is 0 Å². The van der Waals surface area contributed by atoms with Crippen molar-refractivity contribution in [2.45, 2.75) is 0 Å². The number of carbonyl (C=O) groups excluding carboxylic acids is 2. The van der Waals surface area contributed by atoms with Crippen LogP contribution in [0.4, 0.5) is 0 Å². The molecule has 1 N–H and O–H groups in total. The van der Waals surface area contributed by atoms with Gasteiger partial charge < -0.3 is 10.2 Å². The van der Waals surface area contributed by atoms with Crippen LogP contribution >= 0.6 is 23.2 Å². The minimum absolute atomic E-state index is 0.0500. The highest BCUT2D eigenvalue weighted by Crippen LogP contribution is 2.19. The maximum atomic E-state index is 11.9. The molecule has 7 heteroatoms. The number of likely N-dealkylation sites (N-methyl/N-ethyl adjacent to an activating group) is 2. The first-order valence-electron chi connectivity index (χ1n) is 4.72. The molecule has 1 heterocycles. The highest BCUT2D eigenvalue weighted by Gasteiger charge is 2.17. The van der Waals surface area contributed by atoms with Gasteiger partial charge in [0, 0.05) is 20.3 Å². The van der Waals surface area contributed by atoms with Gasteiger partial charge in [0.25, 0.3) is 5.91 Å². The first kappa shape index (κ1) is 13.7. The van der Waals surface area contributed by atoms with Gasteiger partial charge in [0.15, 0.2) is 0 Å². The molecule has 92 valence electrons. The minimum Gasteiger partial charge on any atom is -0.358 e. The summed E-state index contributed by atoms with van der Waals surface area (Å²) in [6.07, 6.45) is 1.30. The molecule has 0 saturated heterocycles. The SMILES string of the molecule is CNC(=O)CN(C)C(=O)c1cc(Cl)ncc1Cl. The van der Waals surface area contributed by atoms with Crippen molar-refractivity contribution >= 4 is 35.0 Å². The van der Waals surface area contributed by atoms with Gasteiger partial charge in [0.05, 0.1) is 17.1 Å². The fourth-order valence-corrected chi connectivity index (χ4v) is 1.49. The molecule has 1 rings (SSSR count). The number of hydrogen-bond donors (Lipinski definition) is 1. The Balaban J connectivity index is 2.88. The van der Waals surface area contributed by atoms with Crippen molar-refractivity contribution in [1.29, 1.82) is 0 Å². The number of pyridine rings is 1. The van der Waals surface area contributed by atoms with Crippen molar-refractivity contribution in [1.82, 2.24) is 15.2 Å². The van der Waals surface area contributed by atoms with Crippen LogP contribution in [-0.4, -0.2) is 42.3 Å². The molecule has 2 amide bonds. The standard InChI is InChI=1S/C10H11Cl2N3O2/c1-13-9(16)5-15(2)10(17)6-3-8(12)14-4-7(6)11/h3-4H,5H2,1-2H3,(H,13,16). The zero-order valence-corrected chi connectivity index (χ0v) is 10.8. The number of rotatable bonds is 3. The van der Waals surface area contributed by atoms with Gasteiger partial charge in [-0.05, 0) is 6.07 Å². The summed E-state index contributed by atoms with van der Waals surface area (Å²) in [4.78, 5) is 28.1. The topological polar surface area (TPSA) is 62.3 Å². The summed E-state index contributed by atoms with van der Waals surface area (Å²) in [5.41, 5.74) is 0.220. The third kappa shape index (κ3) is 3.57. The lowest BCUT2D eigenvalue weighted by Crippen LogP contribution is -2.37. The molecule has 17 heavy (non-hydrogen) atoms. The van der Waals surface area contributed by atoms with Crippen LogP contribution in [0.2, 0.25) is 10.2 Å². The Kier molecular flexibility index (Phi) is 4.72. The van der Waals surface area contributed by atoms with E-state index in [0.29, 0.717) is 0 Å². The summed E-state index contributed by atoms with van der Waals surface area (Å²) >= 11 is 11.5. The Labute approximate surface area is 109 Å². The molecule has 1 aromatic rings. The molecule has 0 aliphatic heterocycles. The van der Waals surface area contributed by atoms with Gasteiger partial charge in [-0.1, -0.05) is 23.2 Å². The van der Waals surface area contributed by atoms with Crippen molar-refractivity contribution in [3.63, 3.8) is 0 Å². The Bertz CT molecular complexity index is 451. The molecule has 0 atom stereocenters. The molecule has 0 spiro atoms. The highest BCUT2D eigenvalue weighted by atomic mass is 35.5. The van der Waals surface area contributed by atoms with Crippen LogP contribution in [-0.2, 0) is 4.79 Å². The van der Waals surface area contributed by atoms with Crippen molar-refractivity contribution in [2.75, 3.05) is 20.6 Å². The predicted molar refractivity (Wildman–Crippen MR) is 65.3 cm³/mol. The maximum absolute atomic E-state index is 11.9. The van der Waals surface area contributed by atoms with Gasteiger partial charge >= 0.3 is 0 Å². The van der Waals surface area contributed by atoms with Gasteiger partial charge in [0.1, 0.15) is 5.15 Å². The lowest BCUT2D eigenvalue weighted by molar-refractivity contribution is -0.121. The number of hydrogen-bond acceptors (Lipinski definition) is 3. The van der Waals surface area contributed by atoms with E-state index in [-0.39, 0.29) is 34.1 Å². The second-order valence-corrected chi connectivity index (χ2v) is 4.12. The number of nitrogens with zero attached hydrogens (tertiary/aromatic N) is 2. The van der Waals surface area contributed by atoms with E-state index >= 15 is 0 Å². The van der Waals surface area contributed by atoms with E-state index in [4.69, 9.17) is 23.2 Å². The summed E-state index contributed by atoms with van der Waals surface area (Å²) in [5.74, 6) is -0.653. The number of carbonyl (C=O) groups is 2. The van der Waals surface area contributed by atoms with Crippen molar-refractivity contribution < 1.29 is 9.59 Å². The van der Waals surface area contributed by atoms with Crippen molar-refractivity contribution in [3.8, 4) is 0 Å². The van der Waals surface area contributed by atoms with E-state index in [9.17, 15) is 9.59 Å². The predicted octanol–water partition coefficient (Wildman–Crippen LogP) is 1.21. The maximum Gasteiger partial charge on any atom is 0.255 e. The van der Waals surface area contributed by atoms with Crippen molar-refractivity contribution in [2.24, 2.45) is 0 Å². The second-order valence-electron chi connectivity index (χ2n) is 3.32. The molecule has 0 aromatic carbocycles. The van der Waals surface area contributed by atoms with E-state index in [1.807, 2.05) is 0 Å². The van der Waals surface area contributed by atoms with Gasteiger partial charge in [-0.15, -0.1) is 0 Å². The van der Waals surface area contributed by atoms with Crippen LogP contribution in [0.15, 0.2) is 12.3 Å². The molecule has 0 aliphatic rings. The first-order chi connectivity index (χ1) is 7.95. The third-order valence-electron chi connectivity index (χ3n) is 2.06. The molecule has 0 unspecified atom stereocenters. The van der Waals surface area contributed by atoms with E-state index in [0.717, 1.165) is 0 Å². The zero-order chi connectivity index (χ0) is 13.0. The van der Waals surface area contributed by atoms with Gasteiger partial charge in [-0.25, -0.2) is 4.98 Å². The van der Waals surface area contributed by atoms with Gasteiger partial charge in [-0.2, -0.15) is 0 Å². The first-order valence-corrected chi connectivity index (χ1v) is 5.48. The lowest BCUT2D eigenvalue weighted by Gasteiger charge is -2.16. The highest BCUT2D eigenvalue weighted by molar-refractivity contribution is 6.35. The van der Waals surface area contributed by atoms with Crippen LogP contribution in [0.25, 0.3) is 0 Å². The molecular weight excluding hydrogens is 265 g/mol. The molecule has 0 bridgehead atoms. The van der Waals surface area contributed by atoms with Crippen molar-refractivity contribution in [3.05, 3.63) is 28.0 Å². The van der Waals surface area contributed by atoms with E-state index in [1.165, 1.54) is 31.3 Å². The summed E-state index contributed by atoms with van der Waals surface area (Å²) in [6, 6.07) is 1.37. The fraction of sp³-hybridized carbons (Fsp3) is 0.300. The van der Waals surface area contributed by atoms with Crippen LogP contribution in [0.5, 0.6) is 0 Å². The Morgan fingerprint density at radius 2 is 2.12 bits per heavy atom. The number of nitrogens with one attached hydrogen (secondary N) is 1. The molecule has 1 aromatic heterocycles. The molecule has 0 aliphatic carbocycles. The summed E-state index contributed by atoms with van der Waals surface area (Å²) in [5, 5.41) is 2.79. The van der Waals surface area contributed by atoms with E-state index in [1.54, 1.807) is 0 Å². The average Bonchev–Trinajstić information content (AvgIpc) is 2.31. The zero-order valence-electron chi connectivity index (χ0n) is 9.33. The molecule has 0 fully saturated rings. The minimum atomic E-state index is -0.386. The smallest absolute Gasteiger partial charge is 0.255 e. The number of halogens is 2. The summed E-state index contributed by atoms with van der Waals surface area (Å²) in [6.45, 7) is -0.0500. The van der Waals surface area contributed by atoms with Crippen LogP contribution < -0.4 is 5.32 Å². The summed E-state index contributed by atoms with van der Waals surface area (Å²) in [7, 11) is 3.00. The lowest BCUT2D eigenvalue weighted by atomic mass is 10.2. The van der Waals surface area contributed by atoms with E-state index in [2.05, 4.69) is 10.3 Å². The second kappa shape index (κ2) is 5.84. The average molecular weight is 276 g/mol. The normalized spacial score (nSPS) is 9.88. The molecule has 0 radical (unpaired) electrons. The van der Waals surface area contributed by atoms with Gasteiger partial charge in [0.2, 0.25) is 5.91 Å². The Morgan fingerprint density at radius 3 is 2.71 bits per heavy atom. The molecule has 0 saturated carbocycles. The Hall–Kier alpha value is -1.33. The quantitative estimate of drug-likeness (QED) is 0.844. The van der Waals surface area contributed by atoms with E-state index < -0.39 is 0 Å². The fourth-order valence-electron chi connectivity index (χ4n) is 1.15. The Morgan fingerprint density at radius 1 is 1.47 bits per heavy atom. The number of aromatic nitrogens is 1. The van der Waals surface area contributed by atoms with Gasteiger partial charge in [-0.3, -0.25) is 9.59 Å².